The van der Waals surface area contributed by atoms with Crippen molar-refractivity contribution < 1.29 is 19.1 Å². The molecule has 0 fully saturated rings. The van der Waals surface area contributed by atoms with E-state index in [0.717, 1.165) is 0 Å². The van der Waals surface area contributed by atoms with Crippen LogP contribution >= 0.6 is 0 Å². The standard InChI is InChI=1S/C12H14O4/c1-3-11(13)16-10-7-5-6-9(8-10)12(14)15-4-2/h5-8H,3-4H2,1-2H3. The first kappa shape index (κ1) is 12.2. The highest BCUT2D eigenvalue weighted by Gasteiger charge is 2.08. The molecular formula is C12H14O4. The van der Waals surface area contributed by atoms with Crippen LogP contribution < -0.4 is 4.74 Å². The van der Waals surface area contributed by atoms with Gasteiger partial charge in [-0.15, -0.1) is 0 Å². The molecule has 0 radical (unpaired) electrons. The molecule has 0 aliphatic rings. The summed E-state index contributed by atoms with van der Waals surface area (Å²) in [7, 11) is 0. The third kappa shape index (κ3) is 3.38. The van der Waals surface area contributed by atoms with E-state index >= 15 is 0 Å². The van der Waals surface area contributed by atoms with Crippen molar-refractivity contribution in [2.75, 3.05) is 6.61 Å². The first-order valence-corrected chi connectivity index (χ1v) is 5.15. The molecule has 0 N–H and O–H groups in total. The first-order chi connectivity index (χ1) is 7.67. The van der Waals surface area contributed by atoms with Gasteiger partial charge in [-0.25, -0.2) is 4.79 Å². The van der Waals surface area contributed by atoms with Crippen LogP contribution in [0.3, 0.4) is 0 Å². The van der Waals surface area contributed by atoms with Crippen LogP contribution in [-0.2, 0) is 9.53 Å². The van der Waals surface area contributed by atoms with Gasteiger partial charge in [0, 0.05) is 6.42 Å². The zero-order chi connectivity index (χ0) is 12.0. The summed E-state index contributed by atoms with van der Waals surface area (Å²) in [4.78, 5) is 22.4. The summed E-state index contributed by atoms with van der Waals surface area (Å²) in [6.45, 7) is 3.76. The van der Waals surface area contributed by atoms with Gasteiger partial charge in [-0.05, 0) is 25.1 Å². The number of carbonyl (C=O) groups is 2. The number of ether oxygens (including phenoxy) is 2. The Morgan fingerprint density at radius 1 is 1.25 bits per heavy atom. The topological polar surface area (TPSA) is 52.6 Å². The summed E-state index contributed by atoms with van der Waals surface area (Å²) in [5.74, 6) is -0.393. The van der Waals surface area contributed by atoms with Crippen LogP contribution in [0.2, 0.25) is 0 Å². The van der Waals surface area contributed by atoms with E-state index in [1.807, 2.05) is 0 Å². The summed E-state index contributed by atoms with van der Waals surface area (Å²) in [5.41, 5.74) is 0.378. The Morgan fingerprint density at radius 2 is 2.00 bits per heavy atom. The lowest BCUT2D eigenvalue weighted by Crippen LogP contribution is -2.08. The molecule has 0 aromatic heterocycles. The molecule has 86 valence electrons. The number of hydrogen-bond donors (Lipinski definition) is 0. The smallest absolute Gasteiger partial charge is 0.338 e. The van der Waals surface area contributed by atoms with Crippen LogP contribution in [0, 0.1) is 0 Å². The molecule has 0 aliphatic heterocycles. The maximum atomic E-state index is 11.4. The second-order valence-corrected chi connectivity index (χ2v) is 3.08. The normalized spacial score (nSPS) is 9.62. The Labute approximate surface area is 94.2 Å². The fraction of sp³-hybridized carbons (Fsp3) is 0.333. The number of benzene rings is 1. The summed E-state index contributed by atoms with van der Waals surface area (Å²) < 4.78 is 9.82. The lowest BCUT2D eigenvalue weighted by atomic mass is 10.2. The van der Waals surface area contributed by atoms with Gasteiger partial charge in [-0.2, -0.15) is 0 Å². The number of carbonyl (C=O) groups excluding carboxylic acids is 2. The monoisotopic (exact) mass is 222 g/mol. The molecule has 0 amide bonds. The maximum absolute atomic E-state index is 11.4. The lowest BCUT2D eigenvalue weighted by Gasteiger charge is -2.05. The van der Waals surface area contributed by atoms with Crippen LogP contribution in [0.15, 0.2) is 24.3 Å². The predicted molar refractivity (Wildman–Crippen MR) is 58.3 cm³/mol. The number of hydrogen-bond acceptors (Lipinski definition) is 4. The van der Waals surface area contributed by atoms with Crippen LogP contribution in [0.1, 0.15) is 30.6 Å². The van der Waals surface area contributed by atoms with E-state index in [9.17, 15) is 9.59 Å². The van der Waals surface area contributed by atoms with E-state index in [1.54, 1.807) is 32.0 Å². The summed E-state index contributed by atoms with van der Waals surface area (Å²) in [5, 5.41) is 0. The molecule has 1 aromatic carbocycles. The van der Waals surface area contributed by atoms with E-state index in [-0.39, 0.29) is 5.97 Å². The van der Waals surface area contributed by atoms with Crippen LogP contribution in [0.5, 0.6) is 5.75 Å². The van der Waals surface area contributed by atoms with Gasteiger partial charge >= 0.3 is 11.9 Å². The predicted octanol–water partition coefficient (Wildman–Crippen LogP) is 2.18. The van der Waals surface area contributed by atoms with Crippen molar-refractivity contribution in [1.82, 2.24) is 0 Å². The van der Waals surface area contributed by atoms with Crippen molar-refractivity contribution >= 4 is 11.9 Å². The van der Waals surface area contributed by atoms with E-state index in [1.165, 1.54) is 6.07 Å². The van der Waals surface area contributed by atoms with Gasteiger partial charge in [0.15, 0.2) is 0 Å². The van der Waals surface area contributed by atoms with Gasteiger partial charge in [0.25, 0.3) is 0 Å². The quantitative estimate of drug-likeness (QED) is 0.578. The summed E-state index contributed by atoms with van der Waals surface area (Å²) in [6, 6.07) is 6.37. The van der Waals surface area contributed by atoms with Gasteiger partial charge in [0.2, 0.25) is 0 Å². The Kier molecular flexibility index (Phi) is 4.51. The second kappa shape index (κ2) is 5.90. The molecule has 0 heterocycles. The largest absolute Gasteiger partial charge is 0.462 e. The molecule has 4 nitrogen and oxygen atoms in total. The Hall–Kier alpha value is -1.84. The van der Waals surface area contributed by atoms with E-state index in [4.69, 9.17) is 9.47 Å². The third-order valence-electron chi connectivity index (χ3n) is 1.87. The van der Waals surface area contributed by atoms with Gasteiger partial charge in [0.1, 0.15) is 5.75 Å². The zero-order valence-corrected chi connectivity index (χ0v) is 9.36. The van der Waals surface area contributed by atoms with Crippen molar-refractivity contribution in [1.29, 1.82) is 0 Å². The molecule has 0 saturated carbocycles. The molecule has 0 bridgehead atoms. The summed E-state index contributed by atoms with van der Waals surface area (Å²) in [6.07, 6.45) is 0.295. The molecule has 1 aromatic rings. The van der Waals surface area contributed by atoms with Gasteiger partial charge in [0.05, 0.1) is 12.2 Å². The van der Waals surface area contributed by atoms with Crippen molar-refractivity contribution in [2.24, 2.45) is 0 Å². The molecule has 0 unspecified atom stereocenters. The Bertz CT molecular complexity index is 384. The van der Waals surface area contributed by atoms with Crippen molar-refractivity contribution in [3.05, 3.63) is 29.8 Å². The van der Waals surface area contributed by atoms with Crippen molar-refractivity contribution in [2.45, 2.75) is 20.3 Å². The average Bonchev–Trinajstić information content (AvgIpc) is 2.29. The van der Waals surface area contributed by atoms with Crippen LogP contribution in [-0.4, -0.2) is 18.5 Å². The Morgan fingerprint density at radius 3 is 2.62 bits per heavy atom. The molecule has 4 heteroatoms. The minimum absolute atomic E-state index is 0.295. The minimum atomic E-state index is -0.420. The number of esters is 2. The van der Waals surface area contributed by atoms with Gasteiger partial charge < -0.3 is 9.47 Å². The highest BCUT2D eigenvalue weighted by atomic mass is 16.5. The van der Waals surface area contributed by atoms with E-state index in [2.05, 4.69) is 0 Å². The fourth-order valence-corrected chi connectivity index (χ4v) is 1.10. The van der Waals surface area contributed by atoms with Gasteiger partial charge in [-0.1, -0.05) is 13.0 Å². The second-order valence-electron chi connectivity index (χ2n) is 3.08. The zero-order valence-electron chi connectivity index (χ0n) is 9.36. The van der Waals surface area contributed by atoms with E-state index < -0.39 is 5.97 Å². The molecule has 1 rings (SSSR count). The number of rotatable bonds is 4. The Balaban J connectivity index is 2.78. The molecule has 16 heavy (non-hydrogen) atoms. The molecule has 0 atom stereocenters. The molecule has 0 aliphatic carbocycles. The van der Waals surface area contributed by atoms with Crippen LogP contribution in [0.4, 0.5) is 0 Å². The minimum Gasteiger partial charge on any atom is -0.462 e. The summed E-state index contributed by atoms with van der Waals surface area (Å²) >= 11 is 0. The maximum Gasteiger partial charge on any atom is 0.338 e. The first-order valence-electron chi connectivity index (χ1n) is 5.15. The SMILES string of the molecule is CCOC(=O)c1cccc(OC(=O)CC)c1. The lowest BCUT2D eigenvalue weighted by molar-refractivity contribution is -0.134. The highest BCUT2D eigenvalue weighted by Crippen LogP contribution is 2.14. The van der Waals surface area contributed by atoms with Crippen molar-refractivity contribution in [3.8, 4) is 5.75 Å². The molecule has 0 spiro atoms. The third-order valence-corrected chi connectivity index (χ3v) is 1.87. The van der Waals surface area contributed by atoms with E-state index in [0.29, 0.717) is 24.3 Å². The van der Waals surface area contributed by atoms with Crippen LogP contribution in [0.25, 0.3) is 0 Å². The molecule has 0 saturated heterocycles. The van der Waals surface area contributed by atoms with Gasteiger partial charge in [-0.3, -0.25) is 4.79 Å². The highest BCUT2D eigenvalue weighted by molar-refractivity contribution is 5.90. The average molecular weight is 222 g/mol. The molecular weight excluding hydrogens is 208 g/mol. The van der Waals surface area contributed by atoms with Crippen molar-refractivity contribution in [3.63, 3.8) is 0 Å². The fourth-order valence-electron chi connectivity index (χ4n) is 1.10.